The number of aliphatic imine (C=N–C) groups is 1. The molecule has 0 fully saturated rings. The van der Waals surface area contributed by atoms with Crippen molar-refractivity contribution < 1.29 is 17.9 Å². The van der Waals surface area contributed by atoms with E-state index in [-0.39, 0.29) is 29.7 Å². The predicted octanol–water partition coefficient (Wildman–Crippen LogP) is 1.06. The number of aryl methyl sites for hydroxylation is 1. The maximum absolute atomic E-state index is 12.1. The van der Waals surface area contributed by atoms with E-state index in [0.717, 1.165) is 16.9 Å². The SMILES string of the molecule is COc1c(C)cnc(CNC(=O)CN=C2NS(=O)(=O)c3ccccc32)c1C. The number of sulfonamides is 1. The number of hydrogen-bond acceptors (Lipinski definition) is 6. The summed E-state index contributed by atoms with van der Waals surface area (Å²) >= 11 is 0. The third-order valence-corrected chi connectivity index (χ3v) is 5.64. The largest absolute Gasteiger partial charge is 0.496 e. The van der Waals surface area contributed by atoms with Gasteiger partial charge in [0.25, 0.3) is 10.0 Å². The van der Waals surface area contributed by atoms with E-state index in [4.69, 9.17) is 4.74 Å². The molecule has 0 saturated heterocycles. The Kier molecular flexibility index (Phi) is 5.13. The first kappa shape index (κ1) is 18.8. The molecule has 0 aliphatic carbocycles. The number of benzene rings is 1. The van der Waals surface area contributed by atoms with Crippen LogP contribution in [0.25, 0.3) is 0 Å². The molecular weight excluding hydrogens is 368 g/mol. The van der Waals surface area contributed by atoms with Gasteiger partial charge in [0.1, 0.15) is 18.1 Å². The lowest BCUT2D eigenvalue weighted by atomic mass is 10.1. The highest BCUT2D eigenvalue weighted by molar-refractivity contribution is 7.90. The molecule has 0 bridgehead atoms. The molecule has 1 aromatic carbocycles. The Labute approximate surface area is 157 Å². The minimum atomic E-state index is -3.61. The maximum atomic E-state index is 12.1. The summed E-state index contributed by atoms with van der Waals surface area (Å²) in [6.07, 6.45) is 1.69. The number of fused-ring (bicyclic) bond motifs is 1. The number of nitrogens with zero attached hydrogens (tertiary/aromatic N) is 2. The first-order chi connectivity index (χ1) is 12.8. The van der Waals surface area contributed by atoms with Gasteiger partial charge in [-0.3, -0.25) is 19.5 Å². The smallest absolute Gasteiger partial charge is 0.263 e. The topological polar surface area (TPSA) is 110 Å². The average molecular weight is 388 g/mol. The molecular formula is C18H20N4O4S. The number of carbonyl (C=O) groups is 1. The normalized spacial score (nSPS) is 15.9. The van der Waals surface area contributed by atoms with Gasteiger partial charge in [0.2, 0.25) is 5.91 Å². The molecule has 0 radical (unpaired) electrons. The molecule has 0 saturated carbocycles. The number of methoxy groups -OCH3 is 1. The van der Waals surface area contributed by atoms with Gasteiger partial charge in [0, 0.05) is 22.9 Å². The minimum absolute atomic E-state index is 0.163. The van der Waals surface area contributed by atoms with Crippen LogP contribution in [0.3, 0.4) is 0 Å². The molecule has 2 aromatic rings. The summed E-state index contributed by atoms with van der Waals surface area (Å²) in [6.45, 7) is 3.81. The van der Waals surface area contributed by atoms with Crippen molar-refractivity contribution in [3.8, 4) is 5.75 Å². The lowest BCUT2D eigenvalue weighted by Crippen LogP contribution is -2.28. The van der Waals surface area contributed by atoms with Crippen LogP contribution >= 0.6 is 0 Å². The van der Waals surface area contributed by atoms with Crippen LogP contribution in [-0.4, -0.2) is 38.8 Å². The fourth-order valence-corrected chi connectivity index (χ4v) is 4.14. The van der Waals surface area contributed by atoms with E-state index in [1.165, 1.54) is 6.07 Å². The van der Waals surface area contributed by atoms with Gasteiger partial charge in [0.15, 0.2) is 0 Å². The van der Waals surface area contributed by atoms with Gasteiger partial charge in [-0.2, -0.15) is 0 Å². The van der Waals surface area contributed by atoms with E-state index in [1.807, 2.05) is 13.8 Å². The van der Waals surface area contributed by atoms with Gasteiger partial charge in [-0.15, -0.1) is 0 Å². The molecule has 1 amide bonds. The van der Waals surface area contributed by atoms with Crippen LogP contribution in [-0.2, 0) is 21.4 Å². The van der Waals surface area contributed by atoms with Crippen molar-refractivity contribution in [2.45, 2.75) is 25.3 Å². The molecule has 0 unspecified atom stereocenters. The highest BCUT2D eigenvalue weighted by atomic mass is 32.2. The van der Waals surface area contributed by atoms with E-state index in [1.54, 1.807) is 31.5 Å². The second-order valence-electron chi connectivity index (χ2n) is 6.09. The van der Waals surface area contributed by atoms with E-state index in [9.17, 15) is 13.2 Å². The first-order valence-electron chi connectivity index (χ1n) is 8.26. The molecule has 1 aromatic heterocycles. The summed E-state index contributed by atoms with van der Waals surface area (Å²) < 4.78 is 31.8. The number of hydrogen-bond donors (Lipinski definition) is 2. The third-order valence-electron chi connectivity index (χ3n) is 4.25. The number of nitrogens with one attached hydrogen (secondary N) is 2. The number of amidine groups is 1. The molecule has 9 heteroatoms. The Morgan fingerprint density at radius 3 is 2.78 bits per heavy atom. The lowest BCUT2D eigenvalue weighted by Gasteiger charge is -2.12. The van der Waals surface area contributed by atoms with Gasteiger partial charge in [-0.05, 0) is 26.0 Å². The van der Waals surface area contributed by atoms with Crippen LogP contribution in [0.4, 0.5) is 0 Å². The molecule has 1 aliphatic heterocycles. The Balaban J connectivity index is 1.67. The quantitative estimate of drug-likeness (QED) is 0.796. The van der Waals surface area contributed by atoms with Gasteiger partial charge >= 0.3 is 0 Å². The van der Waals surface area contributed by atoms with Crippen molar-refractivity contribution in [2.24, 2.45) is 4.99 Å². The molecule has 1 aliphatic rings. The molecule has 0 atom stereocenters. The van der Waals surface area contributed by atoms with Crippen LogP contribution in [0.5, 0.6) is 5.75 Å². The minimum Gasteiger partial charge on any atom is -0.496 e. The van der Waals surface area contributed by atoms with E-state index >= 15 is 0 Å². The van der Waals surface area contributed by atoms with Crippen molar-refractivity contribution >= 4 is 21.8 Å². The number of amides is 1. The standard InChI is InChI=1S/C18H20N4O4S/c1-11-8-19-14(12(2)17(11)26-3)9-20-16(23)10-21-18-13-6-4-5-7-15(13)27(24,25)22-18/h4-8H,9-10H2,1-3H3,(H,20,23)(H,21,22). The molecule has 2 heterocycles. The Morgan fingerprint density at radius 1 is 1.30 bits per heavy atom. The summed E-state index contributed by atoms with van der Waals surface area (Å²) in [7, 11) is -2.02. The molecule has 142 valence electrons. The summed E-state index contributed by atoms with van der Waals surface area (Å²) in [4.78, 5) is 20.7. The van der Waals surface area contributed by atoms with Crippen molar-refractivity contribution in [1.82, 2.24) is 15.0 Å². The van der Waals surface area contributed by atoms with Crippen LogP contribution < -0.4 is 14.8 Å². The van der Waals surface area contributed by atoms with Crippen LogP contribution in [0, 0.1) is 13.8 Å². The number of carbonyl (C=O) groups excluding carboxylic acids is 1. The second kappa shape index (κ2) is 7.36. The molecule has 2 N–H and O–H groups in total. The number of ether oxygens (including phenoxy) is 1. The molecule has 8 nitrogen and oxygen atoms in total. The van der Waals surface area contributed by atoms with Crippen LogP contribution in [0.2, 0.25) is 0 Å². The lowest BCUT2D eigenvalue weighted by molar-refractivity contribution is -0.119. The van der Waals surface area contributed by atoms with Crippen LogP contribution in [0.1, 0.15) is 22.4 Å². The zero-order chi connectivity index (χ0) is 19.6. The second-order valence-corrected chi connectivity index (χ2v) is 7.74. The fraction of sp³-hybridized carbons (Fsp3) is 0.278. The Bertz CT molecular complexity index is 1030. The first-order valence-corrected chi connectivity index (χ1v) is 9.74. The summed E-state index contributed by atoms with van der Waals surface area (Å²) in [6, 6.07) is 6.50. The highest BCUT2D eigenvalue weighted by Gasteiger charge is 2.30. The Morgan fingerprint density at radius 2 is 2.04 bits per heavy atom. The highest BCUT2D eigenvalue weighted by Crippen LogP contribution is 2.24. The van der Waals surface area contributed by atoms with E-state index in [0.29, 0.717) is 11.3 Å². The summed E-state index contributed by atoms with van der Waals surface area (Å²) in [5, 5.41) is 2.74. The van der Waals surface area contributed by atoms with E-state index < -0.39 is 10.0 Å². The number of aromatic nitrogens is 1. The van der Waals surface area contributed by atoms with E-state index in [2.05, 4.69) is 20.0 Å². The predicted molar refractivity (Wildman–Crippen MR) is 100 cm³/mol. The summed E-state index contributed by atoms with van der Waals surface area (Å²) in [5.41, 5.74) is 2.95. The van der Waals surface area contributed by atoms with Crippen molar-refractivity contribution in [1.29, 1.82) is 0 Å². The third kappa shape index (κ3) is 3.77. The van der Waals surface area contributed by atoms with Gasteiger partial charge in [-0.25, -0.2) is 8.42 Å². The zero-order valence-electron chi connectivity index (χ0n) is 15.2. The number of rotatable bonds is 5. The van der Waals surface area contributed by atoms with Crippen molar-refractivity contribution in [3.63, 3.8) is 0 Å². The van der Waals surface area contributed by atoms with Gasteiger partial charge in [-0.1, -0.05) is 12.1 Å². The van der Waals surface area contributed by atoms with Gasteiger partial charge < -0.3 is 10.1 Å². The fourth-order valence-electron chi connectivity index (χ4n) is 2.89. The summed E-state index contributed by atoms with van der Waals surface area (Å²) in [5.74, 6) is 0.574. The van der Waals surface area contributed by atoms with Crippen molar-refractivity contribution in [2.75, 3.05) is 13.7 Å². The van der Waals surface area contributed by atoms with Crippen LogP contribution in [0.15, 0.2) is 40.4 Å². The van der Waals surface area contributed by atoms with Crippen molar-refractivity contribution in [3.05, 3.63) is 52.8 Å². The molecule has 27 heavy (non-hydrogen) atoms. The zero-order valence-corrected chi connectivity index (χ0v) is 16.1. The monoisotopic (exact) mass is 388 g/mol. The Hall–Kier alpha value is -2.94. The number of pyridine rings is 1. The molecule has 3 rings (SSSR count). The average Bonchev–Trinajstić information content (AvgIpc) is 2.91. The molecule has 0 spiro atoms. The maximum Gasteiger partial charge on any atom is 0.263 e. The van der Waals surface area contributed by atoms with Gasteiger partial charge in [0.05, 0.1) is 24.2 Å².